The predicted octanol–water partition coefficient (Wildman–Crippen LogP) is 3.06. The normalized spacial score (nSPS) is 10.3. The number of aromatic nitrogens is 3. The molecule has 0 amide bonds. The van der Waals surface area contributed by atoms with Gasteiger partial charge in [-0.05, 0) is 29.8 Å². The summed E-state index contributed by atoms with van der Waals surface area (Å²) >= 11 is 0. The van der Waals surface area contributed by atoms with E-state index in [1.807, 2.05) is 0 Å². The number of anilines is 3. The molecule has 0 unspecified atom stereocenters. The Balaban J connectivity index is 1.80. The van der Waals surface area contributed by atoms with E-state index < -0.39 is 5.97 Å². The Labute approximate surface area is 142 Å². The predicted molar refractivity (Wildman–Crippen MR) is 90.2 cm³/mol. The number of pyridine rings is 1. The monoisotopic (exact) mass is 339 g/mol. The third-order valence-corrected chi connectivity index (χ3v) is 3.28. The molecule has 0 saturated heterocycles. The lowest BCUT2D eigenvalue weighted by molar-refractivity contribution is 0.0697. The van der Waals surface area contributed by atoms with Crippen molar-refractivity contribution in [2.24, 2.45) is 0 Å². The molecule has 3 aromatic rings. The van der Waals surface area contributed by atoms with Crippen molar-refractivity contribution in [1.82, 2.24) is 15.0 Å². The van der Waals surface area contributed by atoms with Crippen molar-refractivity contribution in [1.29, 1.82) is 0 Å². The second-order valence-corrected chi connectivity index (χ2v) is 5.13. The molecule has 0 radical (unpaired) electrons. The molecule has 0 aliphatic heterocycles. The van der Waals surface area contributed by atoms with Gasteiger partial charge in [0.05, 0.1) is 11.8 Å². The highest BCUT2D eigenvalue weighted by molar-refractivity contribution is 5.89. The minimum atomic E-state index is -1.07. The second kappa shape index (κ2) is 7.35. The highest BCUT2D eigenvalue weighted by atomic mass is 19.1. The maximum atomic E-state index is 12.9. The molecule has 2 heterocycles. The fourth-order valence-electron chi connectivity index (χ4n) is 2.10. The van der Waals surface area contributed by atoms with Crippen LogP contribution in [-0.2, 0) is 6.54 Å². The van der Waals surface area contributed by atoms with E-state index in [-0.39, 0.29) is 11.4 Å². The number of rotatable bonds is 6. The molecule has 7 nitrogen and oxygen atoms in total. The molecule has 3 rings (SSSR count). The molecule has 0 fully saturated rings. The molecular weight excluding hydrogens is 325 g/mol. The molecule has 0 aliphatic rings. The number of halogens is 1. The van der Waals surface area contributed by atoms with Crippen molar-refractivity contribution in [3.63, 3.8) is 0 Å². The van der Waals surface area contributed by atoms with E-state index in [2.05, 4.69) is 25.6 Å². The van der Waals surface area contributed by atoms with Gasteiger partial charge in [0.15, 0.2) is 0 Å². The smallest absolute Gasteiger partial charge is 0.335 e. The van der Waals surface area contributed by atoms with Gasteiger partial charge in [-0.2, -0.15) is 0 Å². The number of carboxylic acids is 1. The first-order chi connectivity index (χ1) is 12.1. The molecule has 8 heteroatoms. The number of hydrogen-bond acceptors (Lipinski definition) is 6. The fourth-order valence-corrected chi connectivity index (χ4v) is 2.10. The zero-order valence-electron chi connectivity index (χ0n) is 13.0. The lowest BCUT2D eigenvalue weighted by Crippen LogP contribution is -2.07. The number of benzene rings is 1. The standard InChI is InChI=1S/C17H14FN5O2/c18-13-3-1-11(2-4-13)9-21-14-7-12(17(24)25)8-15(22-14)23-16-10-19-5-6-20-16/h1-8,10H,9H2,(H,24,25)(H2,20,21,22,23). The van der Waals surface area contributed by atoms with Gasteiger partial charge in [-0.25, -0.2) is 19.2 Å². The number of hydrogen-bond donors (Lipinski definition) is 3. The summed E-state index contributed by atoms with van der Waals surface area (Å²) in [5.41, 5.74) is 0.912. The van der Waals surface area contributed by atoms with Crippen LogP contribution in [0.15, 0.2) is 55.0 Å². The maximum absolute atomic E-state index is 12.9. The Morgan fingerprint density at radius 1 is 1.08 bits per heavy atom. The van der Waals surface area contributed by atoms with E-state index in [9.17, 15) is 14.3 Å². The summed E-state index contributed by atoms with van der Waals surface area (Å²) in [4.78, 5) is 23.6. The second-order valence-electron chi connectivity index (χ2n) is 5.13. The van der Waals surface area contributed by atoms with Gasteiger partial charge >= 0.3 is 5.97 Å². The molecule has 1 aromatic carbocycles. The lowest BCUT2D eigenvalue weighted by atomic mass is 10.2. The van der Waals surface area contributed by atoms with Crippen LogP contribution >= 0.6 is 0 Å². The van der Waals surface area contributed by atoms with E-state index in [1.54, 1.807) is 12.1 Å². The molecule has 25 heavy (non-hydrogen) atoms. The van der Waals surface area contributed by atoms with E-state index in [4.69, 9.17) is 0 Å². The summed E-state index contributed by atoms with van der Waals surface area (Å²) in [5, 5.41) is 15.2. The van der Waals surface area contributed by atoms with Crippen molar-refractivity contribution >= 4 is 23.4 Å². The molecule has 0 atom stereocenters. The summed E-state index contributed by atoms with van der Waals surface area (Å²) in [6.07, 6.45) is 4.54. The van der Waals surface area contributed by atoms with Crippen LogP contribution in [0.5, 0.6) is 0 Å². The maximum Gasteiger partial charge on any atom is 0.335 e. The summed E-state index contributed by atoms with van der Waals surface area (Å²) in [7, 11) is 0. The zero-order valence-corrected chi connectivity index (χ0v) is 13.0. The SMILES string of the molecule is O=C(O)c1cc(NCc2ccc(F)cc2)nc(Nc2cnccn2)c1. The van der Waals surface area contributed by atoms with Crippen LogP contribution in [0.4, 0.5) is 21.8 Å². The first kappa shape index (κ1) is 16.3. The van der Waals surface area contributed by atoms with Crippen molar-refractivity contribution in [3.05, 3.63) is 71.9 Å². The van der Waals surface area contributed by atoms with Crippen LogP contribution in [-0.4, -0.2) is 26.0 Å². The molecule has 0 bridgehead atoms. The topological polar surface area (TPSA) is 100 Å². The summed E-state index contributed by atoms with van der Waals surface area (Å²) in [6, 6.07) is 8.83. The third-order valence-electron chi connectivity index (χ3n) is 3.28. The third kappa shape index (κ3) is 4.47. The number of nitrogens with zero attached hydrogens (tertiary/aromatic N) is 3. The van der Waals surface area contributed by atoms with Gasteiger partial charge in [-0.15, -0.1) is 0 Å². The lowest BCUT2D eigenvalue weighted by Gasteiger charge is -2.10. The summed E-state index contributed by atoms with van der Waals surface area (Å²) in [5.74, 6) is -0.251. The van der Waals surface area contributed by atoms with E-state index in [1.165, 1.54) is 42.9 Å². The van der Waals surface area contributed by atoms with Gasteiger partial charge in [-0.3, -0.25) is 4.98 Å². The van der Waals surface area contributed by atoms with Gasteiger partial charge in [0.1, 0.15) is 23.3 Å². The first-order valence-electron chi connectivity index (χ1n) is 7.37. The minimum Gasteiger partial charge on any atom is -0.478 e. The fraction of sp³-hybridized carbons (Fsp3) is 0.0588. The number of nitrogens with one attached hydrogen (secondary N) is 2. The molecule has 3 N–H and O–H groups in total. The molecule has 0 spiro atoms. The summed E-state index contributed by atoms with van der Waals surface area (Å²) < 4.78 is 12.9. The number of carboxylic acid groups (broad SMARTS) is 1. The zero-order chi connectivity index (χ0) is 17.6. The van der Waals surface area contributed by atoms with Crippen LogP contribution < -0.4 is 10.6 Å². The summed E-state index contributed by atoms with van der Waals surface area (Å²) in [6.45, 7) is 0.376. The van der Waals surface area contributed by atoms with Crippen molar-refractivity contribution in [3.8, 4) is 0 Å². The van der Waals surface area contributed by atoms with Crippen LogP contribution in [0, 0.1) is 5.82 Å². The number of carbonyl (C=O) groups is 1. The van der Waals surface area contributed by atoms with Gasteiger partial charge < -0.3 is 15.7 Å². The molecule has 2 aromatic heterocycles. The van der Waals surface area contributed by atoms with Crippen molar-refractivity contribution in [2.45, 2.75) is 6.54 Å². The van der Waals surface area contributed by atoms with Crippen LogP contribution in [0.2, 0.25) is 0 Å². The Bertz CT molecular complexity index is 872. The molecule has 0 saturated carbocycles. The Morgan fingerprint density at radius 3 is 2.52 bits per heavy atom. The Morgan fingerprint density at radius 2 is 1.84 bits per heavy atom. The van der Waals surface area contributed by atoms with Crippen molar-refractivity contribution in [2.75, 3.05) is 10.6 Å². The van der Waals surface area contributed by atoms with Gasteiger partial charge in [-0.1, -0.05) is 12.1 Å². The van der Waals surface area contributed by atoms with E-state index in [0.717, 1.165) is 5.56 Å². The highest BCUT2D eigenvalue weighted by Gasteiger charge is 2.09. The molecule has 0 aliphatic carbocycles. The quantitative estimate of drug-likeness (QED) is 0.634. The largest absolute Gasteiger partial charge is 0.478 e. The van der Waals surface area contributed by atoms with Crippen LogP contribution in [0.1, 0.15) is 15.9 Å². The van der Waals surface area contributed by atoms with E-state index >= 15 is 0 Å². The minimum absolute atomic E-state index is 0.0722. The molecule has 126 valence electrons. The number of aromatic carboxylic acids is 1. The van der Waals surface area contributed by atoms with Crippen LogP contribution in [0.25, 0.3) is 0 Å². The average Bonchev–Trinajstić information content (AvgIpc) is 2.62. The van der Waals surface area contributed by atoms with Crippen molar-refractivity contribution < 1.29 is 14.3 Å². The Hall–Kier alpha value is -3.55. The van der Waals surface area contributed by atoms with Gasteiger partial charge in [0.2, 0.25) is 0 Å². The molecular formula is C17H14FN5O2. The van der Waals surface area contributed by atoms with E-state index in [0.29, 0.717) is 24.0 Å². The first-order valence-corrected chi connectivity index (χ1v) is 7.37. The van der Waals surface area contributed by atoms with Gasteiger partial charge in [0, 0.05) is 18.9 Å². The highest BCUT2D eigenvalue weighted by Crippen LogP contribution is 2.18. The average molecular weight is 339 g/mol. The van der Waals surface area contributed by atoms with Gasteiger partial charge in [0.25, 0.3) is 0 Å². The van der Waals surface area contributed by atoms with Crippen LogP contribution in [0.3, 0.4) is 0 Å². The Kier molecular flexibility index (Phi) is 4.79.